The first-order valence-electron chi connectivity index (χ1n) is 9.40. The van der Waals surface area contributed by atoms with Crippen LogP contribution in [0.5, 0.6) is 0 Å². The van der Waals surface area contributed by atoms with E-state index in [2.05, 4.69) is 5.32 Å². The van der Waals surface area contributed by atoms with Crippen molar-refractivity contribution in [3.05, 3.63) is 29.8 Å². The van der Waals surface area contributed by atoms with E-state index in [1.165, 1.54) is 0 Å². The molecule has 1 atom stereocenters. The van der Waals surface area contributed by atoms with E-state index in [1.807, 2.05) is 19.1 Å². The van der Waals surface area contributed by atoms with Gasteiger partial charge in [-0.2, -0.15) is 4.31 Å². The third-order valence-electron chi connectivity index (χ3n) is 5.26. The zero-order valence-electron chi connectivity index (χ0n) is 15.3. The number of nitrogens with zero attached hydrogens (tertiary/aromatic N) is 1. The third kappa shape index (κ3) is 4.84. The lowest BCUT2D eigenvalue weighted by Crippen LogP contribution is -2.40. The summed E-state index contributed by atoms with van der Waals surface area (Å²) in [6.45, 7) is 4.25. The summed E-state index contributed by atoms with van der Waals surface area (Å²) >= 11 is 0. The van der Waals surface area contributed by atoms with Crippen LogP contribution in [0.2, 0.25) is 0 Å². The van der Waals surface area contributed by atoms with Crippen molar-refractivity contribution in [2.75, 3.05) is 26.2 Å². The van der Waals surface area contributed by atoms with Crippen LogP contribution < -0.4 is 5.32 Å². The van der Waals surface area contributed by atoms with Gasteiger partial charge in [-0.05, 0) is 50.7 Å². The van der Waals surface area contributed by atoms with Crippen LogP contribution in [0.3, 0.4) is 0 Å². The molecule has 0 bridgehead atoms. The van der Waals surface area contributed by atoms with Crippen molar-refractivity contribution in [3.63, 3.8) is 0 Å². The smallest absolute Gasteiger partial charge is 0.243 e. The molecule has 0 unspecified atom stereocenters. The number of piperidine rings is 1. The molecule has 0 aliphatic carbocycles. The van der Waals surface area contributed by atoms with Gasteiger partial charge in [-0.3, -0.25) is 4.79 Å². The molecule has 7 heteroatoms. The minimum Gasteiger partial charge on any atom is -0.376 e. The lowest BCUT2D eigenvalue weighted by atomic mass is 9.94. The zero-order chi connectivity index (χ0) is 18.6. The van der Waals surface area contributed by atoms with Gasteiger partial charge in [-0.25, -0.2) is 8.42 Å². The zero-order valence-corrected chi connectivity index (χ0v) is 16.1. The normalized spacial score (nSPS) is 22.4. The summed E-state index contributed by atoms with van der Waals surface area (Å²) in [5.41, 5.74) is 1.04. The maximum absolute atomic E-state index is 12.7. The molecule has 26 heavy (non-hydrogen) atoms. The molecule has 1 aromatic carbocycles. The molecule has 1 aromatic rings. The Morgan fingerprint density at radius 2 is 1.88 bits per heavy atom. The average molecular weight is 381 g/mol. The lowest BCUT2D eigenvalue weighted by molar-refractivity contribution is -0.122. The monoisotopic (exact) mass is 380 g/mol. The van der Waals surface area contributed by atoms with Crippen LogP contribution in [0.1, 0.15) is 37.7 Å². The fourth-order valence-electron chi connectivity index (χ4n) is 3.58. The summed E-state index contributed by atoms with van der Waals surface area (Å²) in [5, 5.41) is 2.95. The maximum atomic E-state index is 12.7. The molecular weight excluding hydrogens is 352 g/mol. The van der Waals surface area contributed by atoms with Crippen LogP contribution in [0, 0.1) is 12.8 Å². The Bertz CT molecular complexity index is 704. The van der Waals surface area contributed by atoms with Crippen molar-refractivity contribution in [1.29, 1.82) is 0 Å². The molecular formula is C19H28N2O4S. The van der Waals surface area contributed by atoms with Crippen molar-refractivity contribution in [3.8, 4) is 0 Å². The van der Waals surface area contributed by atoms with E-state index in [9.17, 15) is 13.2 Å². The summed E-state index contributed by atoms with van der Waals surface area (Å²) in [5.74, 6) is 0.282. The van der Waals surface area contributed by atoms with Crippen molar-refractivity contribution in [1.82, 2.24) is 9.62 Å². The Morgan fingerprint density at radius 3 is 2.50 bits per heavy atom. The van der Waals surface area contributed by atoms with Crippen molar-refractivity contribution in [2.45, 2.75) is 50.0 Å². The standard InChI is InChI=1S/C19H28N2O4S/c1-15-4-6-18(7-5-15)26(23,24)21-10-8-16(9-11-21)13-19(22)20-14-17-3-2-12-25-17/h4-7,16-17H,2-3,8-14H2,1H3,(H,20,22)/t17-/m1/s1. The van der Waals surface area contributed by atoms with Crippen LogP contribution in [0.15, 0.2) is 29.2 Å². The molecule has 3 rings (SSSR count). The Labute approximate surface area is 156 Å². The Kier molecular flexibility index (Phi) is 6.32. The number of sulfonamides is 1. The van der Waals surface area contributed by atoms with Gasteiger partial charge in [0.15, 0.2) is 0 Å². The second-order valence-corrected chi connectivity index (χ2v) is 9.24. The van der Waals surface area contributed by atoms with Gasteiger partial charge in [0.2, 0.25) is 15.9 Å². The van der Waals surface area contributed by atoms with E-state index in [0.29, 0.717) is 31.0 Å². The molecule has 2 saturated heterocycles. The van der Waals surface area contributed by atoms with Crippen LogP contribution >= 0.6 is 0 Å². The first-order valence-corrected chi connectivity index (χ1v) is 10.8. The molecule has 2 fully saturated rings. The first kappa shape index (κ1) is 19.3. The largest absolute Gasteiger partial charge is 0.376 e. The summed E-state index contributed by atoms with van der Waals surface area (Å²) < 4.78 is 32.5. The van der Waals surface area contributed by atoms with Gasteiger partial charge < -0.3 is 10.1 Å². The Hall–Kier alpha value is -1.44. The number of hydrogen-bond donors (Lipinski definition) is 1. The fraction of sp³-hybridized carbons (Fsp3) is 0.632. The Morgan fingerprint density at radius 1 is 1.19 bits per heavy atom. The van der Waals surface area contributed by atoms with E-state index in [1.54, 1.807) is 16.4 Å². The molecule has 0 radical (unpaired) electrons. The number of rotatable bonds is 6. The molecule has 0 spiro atoms. The quantitative estimate of drug-likeness (QED) is 0.820. The predicted octanol–water partition coefficient (Wildman–Crippen LogP) is 2.08. The summed E-state index contributed by atoms with van der Waals surface area (Å²) in [4.78, 5) is 12.4. The SMILES string of the molecule is Cc1ccc(S(=O)(=O)N2CCC(CC(=O)NC[C@H]3CCCO3)CC2)cc1. The molecule has 0 saturated carbocycles. The third-order valence-corrected chi connectivity index (χ3v) is 7.17. The molecule has 1 amide bonds. The van der Waals surface area contributed by atoms with Gasteiger partial charge >= 0.3 is 0 Å². The van der Waals surface area contributed by atoms with Crippen LogP contribution in [-0.2, 0) is 19.6 Å². The van der Waals surface area contributed by atoms with Gasteiger partial charge in [0, 0.05) is 32.7 Å². The summed E-state index contributed by atoms with van der Waals surface area (Å²) in [7, 11) is -3.44. The molecule has 0 aromatic heterocycles. The predicted molar refractivity (Wildman–Crippen MR) is 99.3 cm³/mol. The summed E-state index contributed by atoms with van der Waals surface area (Å²) in [6.07, 6.45) is 4.13. The van der Waals surface area contributed by atoms with E-state index in [0.717, 1.165) is 37.9 Å². The highest BCUT2D eigenvalue weighted by Gasteiger charge is 2.30. The van der Waals surface area contributed by atoms with Crippen molar-refractivity contribution in [2.24, 2.45) is 5.92 Å². The van der Waals surface area contributed by atoms with E-state index in [4.69, 9.17) is 4.74 Å². The highest BCUT2D eigenvalue weighted by molar-refractivity contribution is 7.89. The second-order valence-electron chi connectivity index (χ2n) is 7.30. The number of amides is 1. The van der Waals surface area contributed by atoms with E-state index >= 15 is 0 Å². The fourth-order valence-corrected chi connectivity index (χ4v) is 5.05. The molecule has 1 N–H and O–H groups in total. The highest BCUT2D eigenvalue weighted by Crippen LogP contribution is 2.25. The van der Waals surface area contributed by atoms with Crippen LogP contribution in [0.25, 0.3) is 0 Å². The van der Waals surface area contributed by atoms with Gasteiger partial charge in [-0.1, -0.05) is 17.7 Å². The number of aryl methyl sites for hydroxylation is 1. The number of nitrogens with one attached hydrogen (secondary N) is 1. The lowest BCUT2D eigenvalue weighted by Gasteiger charge is -2.31. The number of carbonyl (C=O) groups is 1. The Balaban J connectivity index is 1.46. The first-order chi connectivity index (χ1) is 12.4. The number of carbonyl (C=O) groups excluding carboxylic acids is 1. The van der Waals surface area contributed by atoms with Gasteiger partial charge in [0.1, 0.15) is 0 Å². The number of ether oxygens (including phenoxy) is 1. The van der Waals surface area contributed by atoms with E-state index < -0.39 is 10.0 Å². The molecule has 6 nitrogen and oxygen atoms in total. The number of hydrogen-bond acceptors (Lipinski definition) is 4. The average Bonchev–Trinajstić information content (AvgIpc) is 3.14. The van der Waals surface area contributed by atoms with Gasteiger partial charge in [0.05, 0.1) is 11.0 Å². The maximum Gasteiger partial charge on any atom is 0.243 e. The highest BCUT2D eigenvalue weighted by atomic mass is 32.2. The molecule has 2 aliphatic rings. The molecule has 2 aliphatic heterocycles. The van der Waals surface area contributed by atoms with Crippen molar-refractivity contribution >= 4 is 15.9 Å². The minimum atomic E-state index is -3.44. The summed E-state index contributed by atoms with van der Waals surface area (Å²) in [6, 6.07) is 6.96. The second kappa shape index (κ2) is 8.50. The van der Waals surface area contributed by atoms with Gasteiger partial charge in [-0.15, -0.1) is 0 Å². The van der Waals surface area contributed by atoms with Gasteiger partial charge in [0.25, 0.3) is 0 Å². The molecule has 144 valence electrons. The number of benzene rings is 1. The van der Waals surface area contributed by atoms with Crippen molar-refractivity contribution < 1.29 is 17.9 Å². The van der Waals surface area contributed by atoms with E-state index in [-0.39, 0.29) is 17.9 Å². The minimum absolute atomic E-state index is 0.0420. The van der Waals surface area contributed by atoms with Crippen LogP contribution in [0.4, 0.5) is 0 Å². The topological polar surface area (TPSA) is 75.7 Å². The molecule has 2 heterocycles. The van der Waals surface area contributed by atoms with Crippen LogP contribution in [-0.4, -0.2) is 51.0 Å².